The van der Waals surface area contributed by atoms with E-state index in [2.05, 4.69) is 4.99 Å². The zero-order valence-corrected chi connectivity index (χ0v) is 22.7. The molecule has 0 fully saturated rings. The van der Waals surface area contributed by atoms with Crippen molar-refractivity contribution in [3.05, 3.63) is 146 Å². The molecule has 1 N–H and O–H groups in total. The van der Waals surface area contributed by atoms with Gasteiger partial charge in [0.2, 0.25) is 0 Å². The van der Waals surface area contributed by atoms with Crippen molar-refractivity contribution in [2.45, 2.75) is 12.4 Å². The first-order valence-corrected chi connectivity index (χ1v) is 13.4. The lowest BCUT2D eigenvalue weighted by Crippen LogP contribution is -2.33. The maximum atomic E-state index is 13.4. The monoisotopic (exact) mass is 610 g/mol. The summed E-state index contributed by atoms with van der Waals surface area (Å²) in [7, 11) is 0. The van der Waals surface area contributed by atoms with Crippen LogP contribution in [0.2, 0.25) is 0 Å². The van der Waals surface area contributed by atoms with Gasteiger partial charge in [0.1, 0.15) is 15.0 Å². The van der Waals surface area contributed by atoms with E-state index in [1.54, 1.807) is 60.7 Å². The van der Waals surface area contributed by atoms with Gasteiger partial charge in [-0.05, 0) is 48.5 Å². The first kappa shape index (κ1) is 29.6. The van der Waals surface area contributed by atoms with Crippen molar-refractivity contribution in [3.8, 4) is 5.69 Å². The maximum Gasteiger partial charge on any atom is 0.416 e. The van der Waals surface area contributed by atoms with Crippen LogP contribution in [0, 0.1) is 0 Å². The van der Waals surface area contributed by atoms with Gasteiger partial charge in [-0.1, -0.05) is 60.7 Å². The Hall–Kier alpha value is -4.90. The van der Waals surface area contributed by atoms with Crippen molar-refractivity contribution in [3.63, 3.8) is 0 Å². The summed E-state index contributed by atoms with van der Waals surface area (Å²) in [5.74, 6) is -0.668. The Morgan fingerprint density at radius 2 is 1.19 bits per heavy atom. The van der Waals surface area contributed by atoms with E-state index in [0.717, 1.165) is 47.7 Å². The molecule has 11 heteroatoms. The Labute approximate surface area is 244 Å². The minimum absolute atomic E-state index is 0.00187. The van der Waals surface area contributed by atoms with Crippen LogP contribution in [-0.2, 0) is 12.4 Å². The number of thiazole rings is 1. The second kappa shape index (κ2) is 11.8. The van der Waals surface area contributed by atoms with E-state index in [0.29, 0.717) is 11.1 Å². The molecular weight excluding hydrogens is 590 g/mol. The van der Waals surface area contributed by atoms with Crippen LogP contribution in [0.4, 0.5) is 32.0 Å². The van der Waals surface area contributed by atoms with Gasteiger partial charge in [0, 0.05) is 22.9 Å². The topological polar surface area (TPSA) is 54.6 Å². The summed E-state index contributed by atoms with van der Waals surface area (Å²) < 4.78 is 81.3. The highest BCUT2D eigenvalue weighted by atomic mass is 32.1. The van der Waals surface area contributed by atoms with Crippen molar-refractivity contribution in [1.29, 1.82) is 0 Å². The molecule has 0 bridgehead atoms. The number of alkyl halides is 6. The SMILES string of the molecule is O=C(/C=c1/s/c(=C(/O)c2ccccc2)c(=Nc2ccc(C(F)(F)F)cc2)n1-c1ccc(C(F)(F)F)cc1)c1ccccc1. The Morgan fingerprint density at radius 3 is 1.70 bits per heavy atom. The molecule has 5 rings (SSSR count). The number of carbonyl (C=O) groups excluding carboxylic acids is 1. The molecule has 4 nitrogen and oxygen atoms in total. The number of halogens is 6. The number of rotatable bonds is 5. The van der Waals surface area contributed by atoms with Crippen LogP contribution < -0.4 is 14.7 Å². The Kier molecular flexibility index (Phi) is 8.10. The molecule has 0 aliphatic carbocycles. The summed E-state index contributed by atoms with van der Waals surface area (Å²) in [4.78, 5) is 17.7. The highest BCUT2D eigenvalue weighted by Crippen LogP contribution is 2.31. The zero-order chi connectivity index (χ0) is 30.8. The molecule has 0 amide bonds. The van der Waals surface area contributed by atoms with Gasteiger partial charge in [0.25, 0.3) is 0 Å². The normalized spacial score (nSPS) is 13.7. The number of hydrogen-bond donors (Lipinski definition) is 1. The zero-order valence-electron chi connectivity index (χ0n) is 21.9. The third kappa shape index (κ3) is 6.62. The summed E-state index contributed by atoms with van der Waals surface area (Å²) in [6.07, 6.45) is -7.91. The Morgan fingerprint density at radius 1 is 0.698 bits per heavy atom. The standard InChI is InChI=1S/C32H20F6N2O2S/c33-31(34,35)22-11-15-24(16-12-22)39-30-29(28(42)21-9-5-2-6-10-21)43-27(19-26(41)20-7-3-1-4-8-20)40(30)25-17-13-23(14-18-25)32(36,37)38/h1-19,42H/b27-19+,29-28+,39-30?. The Balaban J connectivity index is 1.86. The number of aliphatic hydroxyl groups excluding tert-OH is 1. The fourth-order valence-electron chi connectivity index (χ4n) is 4.17. The van der Waals surface area contributed by atoms with Crippen molar-refractivity contribution in [2.24, 2.45) is 4.99 Å². The lowest BCUT2D eigenvalue weighted by Gasteiger charge is -2.09. The van der Waals surface area contributed by atoms with E-state index >= 15 is 0 Å². The smallest absolute Gasteiger partial charge is 0.416 e. The first-order valence-electron chi connectivity index (χ1n) is 12.6. The minimum atomic E-state index is -4.60. The van der Waals surface area contributed by atoms with Gasteiger partial charge in [-0.25, -0.2) is 4.99 Å². The molecule has 1 aromatic heterocycles. The number of aliphatic hydroxyl groups is 1. The molecule has 5 aromatic rings. The third-order valence-electron chi connectivity index (χ3n) is 6.30. The van der Waals surface area contributed by atoms with Gasteiger partial charge in [-0.2, -0.15) is 26.3 Å². The summed E-state index contributed by atoms with van der Waals surface area (Å²) >= 11 is 0.947. The molecule has 1 heterocycles. The number of aromatic nitrogens is 1. The quantitative estimate of drug-likeness (QED) is 0.169. The van der Waals surface area contributed by atoms with Crippen LogP contribution in [0.3, 0.4) is 0 Å². The van der Waals surface area contributed by atoms with Crippen molar-refractivity contribution < 1.29 is 36.2 Å². The van der Waals surface area contributed by atoms with Crippen LogP contribution in [0.1, 0.15) is 27.0 Å². The largest absolute Gasteiger partial charge is 0.506 e. The summed E-state index contributed by atoms with van der Waals surface area (Å²) in [5.41, 5.74) is -0.824. The average molecular weight is 611 g/mol. The summed E-state index contributed by atoms with van der Waals surface area (Å²) in [6.45, 7) is 0. The number of Topliss-reactive ketones (excluding diaryl/α,β-unsaturated/α-hetero) is 1. The predicted molar refractivity (Wildman–Crippen MR) is 151 cm³/mol. The third-order valence-corrected chi connectivity index (χ3v) is 7.39. The van der Waals surface area contributed by atoms with Gasteiger partial charge < -0.3 is 5.11 Å². The highest BCUT2D eigenvalue weighted by Gasteiger charge is 2.31. The molecule has 0 aliphatic rings. The number of carbonyl (C=O) groups is 1. The average Bonchev–Trinajstić information content (AvgIpc) is 3.34. The van der Waals surface area contributed by atoms with E-state index in [-0.39, 0.29) is 31.8 Å². The van der Waals surface area contributed by atoms with Crippen LogP contribution in [-0.4, -0.2) is 15.5 Å². The van der Waals surface area contributed by atoms with Gasteiger partial charge in [-0.15, -0.1) is 11.3 Å². The number of hydrogen-bond acceptors (Lipinski definition) is 4. The second-order valence-corrected chi connectivity index (χ2v) is 10.2. The molecule has 43 heavy (non-hydrogen) atoms. The summed E-state index contributed by atoms with van der Waals surface area (Å²) in [6, 6.07) is 24.7. The Bertz CT molecular complexity index is 1940. The highest BCUT2D eigenvalue weighted by molar-refractivity contribution is 7.07. The predicted octanol–water partition coefficient (Wildman–Crippen LogP) is 7.19. The lowest BCUT2D eigenvalue weighted by atomic mass is 10.1. The van der Waals surface area contributed by atoms with Crippen molar-refractivity contribution >= 4 is 34.6 Å². The van der Waals surface area contributed by atoms with Crippen LogP contribution in [0.5, 0.6) is 0 Å². The number of ketones is 1. The molecule has 0 saturated carbocycles. The fourth-order valence-corrected chi connectivity index (χ4v) is 5.27. The van der Waals surface area contributed by atoms with E-state index in [1.165, 1.54) is 22.8 Å². The molecule has 0 spiro atoms. The second-order valence-electron chi connectivity index (χ2n) is 9.22. The lowest BCUT2D eigenvalue weighted by molar-refractivity contribution is -0.138. The molecule has 0 saturated heterocycles. The minimum Gasteiger partial charge on any atom is -0.506 e. The molecule has 0 atom stereocenters. The molecule has 218 valence electrons. The van der Waals surface area contributed by atoms with E-state index in [4.69, 9.17) is 0 Å². The molecule has 4 aromatic carbocycles. The van der Waals surface area contributed by atoms with Gasteiger partial charge >= 0.3 is 12.4 Å². The first-order chi connectivity index (χ1) is 20.4. The molecule has 0 radical (unpaired) electrons. The fraction of sp³-hybridized carbons (Fsp3) is 0.0625. The van der Waals surface area contributed by atoms with Crippen molar-refractivity contribution in [2.75, 3.05) is 0 Å². The van der Waals surface area contributed by atoms with Crippen molar-refractivity contribution in [1.82, 2.24) is 4.57 Å². The van der Waals surface area contributed by atoms with E-state index in [1.807, 2.05) is 0 Å². The number of benzene rings is 4. The van der Waals surface area contributed by atoms with Crippen LogP contribution in [0.25, 0.3) is 17.5 Å². The van der Waals surface area contributed by atoms with Crippen LogP contribution in [0.15, 0.2) is 114 Å². The van der Waals surface area contributed by atoms with Crippen LogP contribution >= 0.6 is 11.3 Å². The number of nitrogens with zero attached hydrogens (tertiary/aromatic N) is 2. The van der Waals surface area contributed by atoms with E-state index < -0.39 is 29.3 Å². The van der Waals surface area contributed by atoms with Gasteiger partial charge in [0.05, 0.1) is 16.8 Å². The van der Waals surface area contributed by atoms with Gasteiger partial charge in [0.15, 0.2) is 11.3 Å². The molecule has 0 aliphatic heterocycles. The molecule has 0 unspecified atom stereocenters. The van der Waals surface area contributed by atoms with Gasteiger partial charge in [-0.3, -0.25) is 9.36 Å². The maximum absolute atomic E-state index is 13.4. The molecular formula is C32H20F6N2O2S. The summed E-state index contributed by atoms with van der Waals surface area (Å²) in [5, 5.41) is 11.3. The van der Waals surface area contributed by atoms with E-state index in [9.17, 15) is 36.2 Å².